The van der Waals surface area contributed by atoms with Gasteiger partial charge in [0.15, 0.2) is 5.13 Å². The van der Waals surface area contributed by atoms with Crippen LogP contribution >= 0.6 is 34.4 Å². The van der Waals surface area contributed by atoms with Crippen molar-refractivity contribution in [1.29, 1.82) is 0 Å². The highest BCUT2D eigenvalue weighted by Gasteiger charge is 2.13. The summed E-state index contributed by atoms with van der Waals surface area (Å²) in [6.45, 7) is 4.13. The molecule has 9 nitrogen and oxygen atoms in total. The molecule has 0 aliphatic heterocycles. The number of nitrogens with one attached hydrogen (secondary N) is 2. The lowest BCUT2D eigenvalue weighted by Gasteiger charge is -2.06. The summed E-state index contributed by atoms with van der Waals surface area (Å²) in [4.78, 5) is 31.7. The summed E-state index contributed by atoms with van der Waals surface area (Å²) in [5, 5.41) is 19.7. The molecule has 0 saturated heterocycles. The molecule has 3 aromatic heterocycles. The van der Waals surface area contributed by atoms with Gasteiger partial charge in [0.25, 0.3) is 5.91 Å². The van der Waals surface area contributed by atoms with Gasteiger partial charge >= 0.3 is 0 Å². The Hall–Kier alpha value is -3.09. The van der Waals surface area contributed by atoms with Crippen LogP contribution in [0.4, 0.5) is 10.8 Å². The van der Waals surface area contributed by atoms with Gasteiger partial charge in [-0.1, -0.05) is 11.8 Å². The van der Waals surface area contributed by atoms with Crippen molar-refractivity contribution in [3.63, 3.8) is 0 Å². The Balaban J connectivity index is 1.33. The maximum atomic E-state index is 12.6. The summed E-state index contributed by atoms with van der Waals surface area (Å²) in [5.41, 5.74) is 3.03. The maximum Gasteiger partial charge on any atom is 0.257 e. The highest BCUT2D eigenvalue weighted by molar-refractivity contribution is 7.99. The fraction of sp³-hybridized carbons (Fsp3) is 0.200. The molecule has 1 aromatic carbocycles. The second-order valence-corrected chi connectivity index (χ2v) is 10.1. The van der Waals surface area contributed by atoms with Crippen LogP contribution in [0, 0.1) is 13.8 Å². The summed E-state index contributed by atoms with van der Waals surface area (Å²) >= 11 is 4.36. The van der Waals surface area contributed by atoms with Crippen molar-refractivity contribution in [1.82, 2.24) is 25.2 Å². The molecule has 4 rings (SSSR count). The van der Waals surface area contributed by atoms with E-state index >= 15 is 0 Å². The molecule has 4 aromatic rings. The standard InChI is InChI=1S/C20H19N7O2S3/c1-11-8-15(12(2)32-11)16-9-30-19(22-16)23-18(29)13-4-6-14(7-5-13)21-17(28)10-31-20-24-25-26-27(20)3/h4-9H,10H2,1-3H3,(H,21,28)(H,22,23,29). The average Bonchev–Trinajstić information content (AvgIpc) is 3.47. The zero-order valence-corrected chi connectivity index (χ0v) is 19.9. The molecule has 0 aliphatic rings. The monoisotopic (exact) mass is 485 g/mol. The number of tetrazole rings is 1. The van der Waals surface area contributed by atoms with Crippen LogP contribution in [0.5, 0.6) is 0 Å². The molecule has 0 bridgehead atoms. The molecular weight excluding hydrogens is 466 g/mol. The Morgan fingerprint density at radius 3 is 2.59 bits per heavy atom. The Morgan fingerprint density at radius 2 is 1.94 bits per heavy atom. The predicted molar refractivity (Wildman–Crippen MR) is 127 cm³/mol. The molecule has 2 amide bonds. The summed E-state index contributed by atoms with van der Waals surface area (Å²) < 4.78 is 1.50. The van der Waals surface area contributed by atoms with Crippen LogP contribution < -0.4 is 10.6 Å². The van der Waals surface area contributed by atoms with Gasteiger partial charge in [0.2, 0.25) is 11.1 Å². The Bertz CT molecular complexity index is 1260. The summed E-state index contributed by atoms with van der Waals surface area (Å²) in [6.07, 6.45) is 0. The van der Waals surface area contributed by atoms with Crippen molar-refractivity contribution in [2.24, 2.45) is 7.05 Å². The van der Waals surface area contributed by atoms with Crippen LogP contribution in [0.2, 0.25) is 0 Å². The zero-order chi connectivity index (χ0) is 22.7. The first-order valence-corrected chi connectivity index (χ1v) is 12.2. The molecule has 0 atom stereocenters. The topological polar surface area (TPSA) is 115 Å². The second-order valence-electron chi connectivity index (χ2n) is 6.82. The largest absolute Gasteiger partial charge is 0.325 e. The van der Waals surface area contributed by atoms with E-state index in [1.165, 1.54) is 37.5 Å². The highest BCUT2D eigenvalue weighted by atomic mass is 32.2. The number of aryl methyl sites for hydroxylation is 3. The number of nitrogens with zero attached hydrogens (tertiary/aromatic N) is 5. The molecule has 2 N–H and O–H groups in total. The summed E-state index contributed by atoms with van der Waals surface area (Å²) in [5.74, 6) is -0.275. The average molecular weight is 486 g/mol. The number of hydrogen-bond acceptors (Lipinski definition) is 9. The van der Waals surface area contributed by atoms with Crippen molar-refractivity contribution >= 4 is 57.1 Å². The normalized spacial score (nSPS) is 10.8. The first-order chi connectivity index (χ1) is 15.4. The van der Waals surface area contributed by atoms with Crippen molar-refractivity contribution < 1.29 is 9.59 Å². The van der Waals surface area contributed by atoms with Crippen molar-refractivity contribution in [3.8, 4) is 11.3 Å². The van der Waals surface area contributed by atoms with E-state index in [1.54, 1.807) is 42.6 Å². The number of thiophene rings is 1. The molecule has 0 fully saturated rings. The van der Waals surface area contributed by atoms with Crippen molar-refractivity contribution in [3.05, 3.63) is 51.0 Å². The molecular formula is C20H19N7O2S3. The van der Waals surface area contributed by atoms with Crippen LogP contribution in [0.25, 0.3) is 11.3 Å². The smallest absolute Gasteiger partial charge is 0.257 e. The van der Waals surface area contributed by atoms with E-state index in [1.807, 2.05) is 5.38 Å². The minimum atomic E-state index is -0.257. The van der Waals surface area contributed by atoms with Gasteiger partial charge < -0.3 is 5.32 Å². The third-order valence-electron chi connectivity index (χ3n) is 4.39. The van der Waals surface area contributed by atoms with E-state index in [2.05, 4.69) is 51.1 Å². The van der Waals surface area contributed by atoms with Crippen LogP contribution in [0.3, 0.4) is 0 Å². The summed E-state index contributed by atoms with van der Waals surface area (Å²) in [7, 11) is 1.71. The van der Waals surface area contributed by atoms with Gasteiger partial charge in [0.05, 0.1) is 11.4 Å². The molecule has 12 heteroatoms. The number of anilines is 2. The van der Waals surface area contributed by atoms with E-state index < -0.39 is 0 Å². The SMILES string of the molecule is Cc1cc(-c2csc(NC(=O)c3ccc(NC(=O)CSc4nnnn4C)cc3)n2)c(C)s1. The quantitative estimate of drug-likeness (QED) is 0.380. The third-order valence-corrected chi connectivity index (χ3v) is 7.12. The van der Waals surface area contributed by atoms with Crippen LogP contribution in [0.15, 0.2) is 40.9 Å². The number of hydrogen-bond donors (Lipinski definition) is 2. The Labute approximate surface area is 196 Å². The number of aromatic nitrogens is 5. The number of carbonyl (C=O) groups is 2. The molecule has 0 saturated carbocycles. The fourth-order valence-corrected chi connectivity index (χ4v) is 5.17. The first-order valence-electron chi connectivity index (χ1n) is 9.48. The van der Waals surface area contributed by atoms with Gasteiger partial charge in [-0.3, -0.25) is 14.9 Å². The number of carbonyl (C=O) groups excluding carboxylic acids is 2. The van der Waals surface area contributed by atoms with E-state index in [0.717, 1.165) is 11.3 Å². The molecule has 0 aliphatic carbocycles. The zero-order valence-electron chi connectivity index (χ0n) is 17.4. The van der Waals surface area contributed by atoms with Crippen LogP contribution in [-0.4, -0.2) is 42.8 Å². The molecule has 0 spiro atoms. The van der Waals surface area contributed by atoms with E-state index in [-0.39, 0.29) is 17.6 Å². The maximum absolute atomic E-state index is 12.6. The van der Waals surface area contributed by atoms with Gasteiger partial charge in [-0.05, 0) is 54.6 Å². The second kappa shape index (κ2) is 9.59. The third kappa shape index (κ3) is 5.21. The van der Waals surface area contributed by atoms with Crippen molar-refractivity contribution in [2.75, 3.05) is 16.4 Å². The number of thiazole rings is 1. The lowest BCUT2D eigenvalue weighted by molar-refractivity contribution is -0.113. The minimum Gasteiger partial charge on any atom is -0.325 e. The number of benzene rings is 1. The number of amides is 2. The molecule has 3 heterocycles. The Kier molecular flexibility index (Phi) is 6.63. The first kappa shape index (κ1) is 22.1. The lowest BCUT2D eigenvalue weighted by atomic mass is 10.2. The van der Waals surface area contributed by atoms with Gasteiger partial charge in [-0.25, -0.2) is 9.67 Å². The fourth-order valence-electron chi connectivity index (χ4n) is 2.88. The minimum absolute atomic E-state index is 0.173. The van der Waals surface area contributed by atoms with Crippen LogP contribution in [0.1, 0.15) is 20.1 Å². The van der Waals surface area contributed by atoms with Gasteiger partial charge in [-0.15, -0.1) is 27.8 Å². The van der Waals surface area contributed by atoms with Crippen molar-refractivity contribution in [2.45, 2.75) is 19.0 Å². The van der Waals surface area contributed by atoms with E-state index in [0.29, 0.717) is 21.5 Å². The molecule has 164 valence electrons. The molecule has 0 radical (unpaired) electrons. The van der Waals surface area contributed by atoms with E-state index in [9.17, 15) is 9.59 Å². The van der Waals surface area contributed by atoms with Gasteiger partial charge in [-0.2, -0.15) is 0 Å². The van der Waals surface area contributed by atoms with Gasteiger partial charge in [0, 0.05) is 39.0 Å². The van der Waals surface area contributed by atoms with Crippen LogP contribution in [-0.2, 0) is 11.8 Å². The number of rotatable bonds is 7. The molecule has 32 heavy (non-hydrogen) atoms. The van der Waals surface area contributed by atoms with Gasteiger partial charge in [0.1, 0.15) is 0 Å². The van der Waals surface area contributed by atoms with E-state index in [4.69, 9.17) is 0 Å². The highest BCUT2D eigenvalue weighted by Crippen LogP contribution is 2.32. The number of thioether (sulfide) groups is 1. The predicted octanol–water partition coefficient (Wildman–Crippen LogP) is 4.00. The summed E-state index contributed by atoms with van der Waals surface area (Å²) in [6, 6.07) is 8.80. The Morgan fingerprint density at radius 1 is 1.16 bits per heavy atom. The lowest BCUT2D eigenvalue weighted by Crippen LogP contribution is -2.15. The molecule has 0 unspecified atom stereocenters.